The zero-order valence-electron chi connectivity index (χ0n) is 11.1. The Hall–Kier alpha value is -0.480. The molecule has 0 unspecified atom stereocenters. The lowest BCUT2D eigenvalue weighted by molar-refractivity contribution is 0.167. The molecule has 2 aromatic heterocycles. The number of nitrogens with zero attached hydrogens (tertiary/aromatic N) is 4. The SMILES string of the molecule is c1cnc(SSCCOCCSSc2ncccn2)nc1. The minimum Gasteiger partial charge on any atom is -0.380 e. The molecule has 2 rings (SSSR count). The molecule has 0 spiro atoms. The summed E-state index contributed by atoms with van der Waals surface area (Å²) in [6, 6.07) is 3.63. The van der Waals surface area contributed by atoms with Gasteiger partial charge in [0.05, 0.1) is 13.2 Å². The first kappa shape index (κ1) is 16.9. The van der Waals surface area contributed by atoms with Crippen LogP contribution in [0.15, 0.2) is 47.2 Å². The van der Waals surface area contributed by atoms with Crippen LogP contribution in [0.2, 0.25) is 0 Å². The van der Waals surface area contributed by atoms with Crippen molar-refractivity contribution in [2.45, 2.75) is 10.3 Å². The highest BCUT2D eigenvalue weighted by molar-refractivity contribution is 8.77. The summed E-state index contributed by atoms with van der Waals surface area (Å²) in [6.07, 6.45) is 6.99. The fourth-order valence-corrected chi connectivity index (χ4v) is 4.36. The van der Waals surface area contributed by atoms with Crippen LogP contribution >= 0.6 is 43.2 Å². The lowest BCUT2D eigenvalue weighted by atomic mass is 10.7. The smallest absolute Gasteiger partial charge is 0.198 e. The summed E-state index contributed by atoms with van der Waals surface area (Å²) < 4.78 is 5.56. The van der Waals surface area contributed by atoms with Gasteiger partial charge in [-0.15, -0.1) is 0 Å². The number of hydrogen-bond acceptors (Lipinski definition) is 9. The third kappa shape index (κ3) is 7.91. The Morgan fingerprint density at radius 3 is 1.57 bits per heavy atom. The van der Waals surface area contributed by atoms with E-state index in [1.54, 1.807) is 68.0 Å². The average molecular weight is 359 g/mol. The monoisotopic (exact) mass is 358 g/mol. The largest absolute Gasteiger partial charge is 0.380 e. The molecule has 2 aromatic rings. The zero-order chi connectivity index (χ0) is 14.6. The third-order valence-electron chi connectivity index (χ3n) is 1.97. The summed E-state index contributed by atoms with van der Waals surface area (Å²) in [4.78, 5) is 16.6. The Balaban J connectivity index is 1.40. The van der Waals surface area contributed by atoms with Crippen LogP contribution < -0.4 is 0 Å². The molecule has 0 N–H and O–H groups in total. The van der Waals surface area contributed by atoms with E-state index in [0.717, 1.165) is 35.0 Å². The van der Waals surface area contributed by atoms with E-state index in [0.29, 0.717) is 0 Å². The van der Waals surface area contributed by atoms with Gasteiger partial charge in [0, 0.05) is 36.3 Å². The molecule has 0 atom stereocenters. The molecule has 112 valence electrons. The molecular formula is C12H14N4OS4. The highest BCUT2D eigenvalue weighted by atomic mass is 33.1. The summed E-state index contributed by atoms with van der Waals surface area (Å²) in [5, 5.41) is 1.58. The van der Waals surface area contributed by atoms with Gasteiger partial charge < -0.3 is 4.74 Å². The maximum Gasteiger partial charge on any atom is 0.198 e. The second-order valence-electron chi connectivity index (χ2n) is 3.49. The van der Waals surface area contributed by atoms with Crippen molar-refractivity contribution in [1.82, 2.24) is 19.9 Å². The van der Waals surface area contributed by atoms with Gasteiger partial charge in [0.1, 0.15) is 0 Å². The first-order chi connectivity index (χ1) is 10.4. The summed E-state index contributed by atoms with van der Waals surface area (Å²) in [5.41, 5.74) is 0. The van der Waals surface area contributed by atoms with Gasteiger partial charge in [0.25, 0.3) is 0 Å². The fraction of sp³-hybridized carbons (Fsp3) is 0.333. The van der Waals surface area contributed by atoms with Crippen LogP contribution in [-0.4, -0.2) is 44.7 Å². The predicted molar refractivity (Wildman–Crippen MR) is 91.5 cm³/mol. The molecule has 0 radical (unpaired) electrons. The van der Waals surface area contributed by atoms with E-state index < -0.39 is 0 Å². The van der Waals surface area contributed by atoms with Crippen molar-refractivity contribution in [3.8, 4) is 0 Å². The molecule has 0 aromatic carbocycles. The van der Waals surface area contributed by atoms with Crippen molar-refractivity contribution in [2.75, 3.05) is 24.7 Å². The van der Waals surface area contributed by atoms with Gasteiger partial charge in [-0.2, -0.15) is 0 Å². The van der Waals surface area contributed by atoms with Crippen LogP contribution in [0, 0.1) is 0 Å². The molecule has 0 saturated heterocycles. The Labute approximate surface area is 139 Å². The van der Waals surface area contributed by atoms with E-state index in [2.05, 4.69) is 19.9 Å². The second kappa shape index (κ2) is 11.1. The van der Waals surface area contributed by atoms with Crippen molar-refractivity contribution in [2.24, 2.45) is 0 Å². The zero-order valence-corrected chi connectivity index (χ0v) is 14.4. The molecule has 5 nitrogen and oxygen atoms in total. The first-order valence-corrected chi connectivity index (χ1v) is 10.8. The molecule has 0 fully saturated rings. The van der Waals surface area contributed by atoms with E-state index >= 15 is 0 Å². The topological polar surface area (TPSA) is 60.8 Å². The van der Waals surface area contributed by atoms with Crippen molar-refractivity contribution >= 4 is 43.2 Å². The van der Waals surface area contributed by atoms with Crippen LogP contribution in [0.1, 0.15) is 0 Å². The molecule has 0 saturated carbocycles. The van der Waals surface area contributed by atoms with E-state index in [1.165, 1.54) is 0 Å². The molecule has 21 heavy (non-hydrogen) atoms. The average Bonchev–Trinajstić information content (AvgIpc) is 2.55. The van der Waals surface area contributed by atoms with Crippen molar-refractivity contribution in [1.29, 1.82) is 0 Å². The molecule has 0 aliphatic carbocycles. The molecule has 0 amide bonds. The molecular weight excluding hydrogens is 344 g/mol. The molecule has 0 bridgehead atoms. The Bertz CT molecular complexity index is 446. The highest BCUT2D eigenvalue weighted by Crippen LogP contribution is 2.28. The van der Waals surface area contributed by atoms with E-state index in [-0.39, 0.29) is 0 Å². The number of rotatable bonds is 10. The lowest BCUT2D eigenvalue weighted by Crippen LogP contribution is -2.00. The number of ether oxygens (including phenoxy) is 1. The maximum absolute atomic E-state index is 5.56. The maximum atomic E-state index is 5.56. The van der Waals surface area contributed by atoms with Crippen molar-refractivity contribution in [3.63, 3.8) is 0 Å². The van der Waals surface area contributed by atoms with E-state index in [9.17, 15) is 0 Å². The van der Waals surface area contributed by atoms with Gasteiger partial charge in [-0.1, -0.05) is 21.6 Å². The van der Waals surface area contributed by atoms with Gasteiger partial charge in [-0.25, -0.2) is 19.9 Å². The molecule has 0 aliphatic rings. The van der Waals surface area contributed by atoms with E-state index in [4.69, 9.17) is 4.74 Å². The van der Waals surface area contributed by atoms with Crippen LogP contribution in [0.5, 0.6) is 0 Å². The summed E-state index contributed by atoms with van der Waals surface area (Å²) in [6.45, 7) is 1.47. The number of aromatic nitrogens is 4. The van der Waals surface area contributed by atoms with Gasteiger partial charge in [-0.3, -0.25) is 0 Å². The number of hydrogen-bond donors (Lipinski definition) is 0. The van der Waals surface area contributed by atoms with E-state index in [1.807, 2.05) is 12.1 Å². The Kier molecular flexibility index (Phi) is 8.95. The fourth-order valence-electron chi connectivity index (χ4n) is 1.13. The molecule has 9 heteroatoms. The van der Waals surface area contributed by atoms with Gasteiger partial charge in [-0.05, 0) is 33.7 Å². The van der Waals surface area contributed by atoms with Crippen LogP contribution in [0.3, 0.4) is 0 Å². The standard InChI is InChI=1S/C12H14N4OS4/c1-3-13-11(14-4-1)20-18-9-7-17-8-10-19-21-12-15-5-2-6-16-12/h1-6H,7-10H2. The summed E-state index contributed by atoms with van der Waals surface area (Å²) in [7, 11) is 6.55. The highest BCUT2D eigenvalue weighted by Gasteiger charge is 1.98. The lowest BCUT2D eigenvalue weighted by Gasteiger charge is -2.03. The van der Waals surface area contributed by atoms with Crippen LogP contribution in [0.4, 0.5) is 0 Å². The summed E-state index contributed by atoms with van der Waals surface area (Å²) >= 11 is 0. The van der Waals surface area contributed by atoms with Gasteiger partial charge >= 0.3 is 0 Å². The minimum atomic E-state index is 0.734. The van der Waals surface area contributed by atoms with Gasteiger partial charge in [0.2, 0.25) is 0 Å². The second-order valence-corrected chi connectivity index (χ2v) is 8.25. The third-order valence-corrected chi connectivity index (χ3v) is 6.20. The Morgan fingerprint density at radius 2 is 1.14 bits per heavy atom. The molecule has 2 heterocycles. The van der Waals surface area contributed by atoms with Crippen LogP contribution in [-0.2, 0) is 4.74 Å². The quantitative estimate of drug-likeness (QED) is 0.361. The predicted octanol–water partition coefficient (Wildman–Crippen LogP) is 3.46. The Morgan fingerprint density at radius 1 is 0.714 bits per heavy atom. The first-order valence-electron chi connectivity index (χ1n) is 6.16. The summed E-state index contributed by atoms with van der Waals surface area (Å²) in [5.74, 6) is 1.84. The minimum absolute atomic E-state index is 0.734. The normalized spacial score (nSPS) is 10.7. The van der Waals surface area contributed by atoms with Crippen molar-refractivity contribution < 1.29 is 4.74 Å². The molecule has 0 aliphatic heterocycles. The van der Waals surface area contributed by atoms with Gasteiger partial charge in [0.15, 0.2) is 10.3 Å². The van der Waals surface area contributed by atoms with Crippen molar-refractivity contribution in [3.05, 3.63) is 36.9 Å². The van der Waals surface area contributed by atoms with Crippen LogP contribution in [0.25, 0.3) is 0 Å².